The Kier molecular flexibility index (Phi) is 4.98. The number of carbonyl (C=O) groups excluding carboxylic acids is 1. The number of hydrogen-bond donors (Lipinski definition) is 1. The van der Waals surface area contributed by atoms with E-state index in [1.54, 1.807) is 18.5 Å². The fraction of sp³-hybridized carbons (Fsp3) is 0.471. The summed E-state index contributed by atoms with van der Waals surface area (Å²) < 4.78 is 0. The molecule has 1 aliphatic rings. The summed E-state index contributed by atoms with van der Waals surface area (Å²) in [5, 5.41) is 3.11. The second-order valence-electron chi connectivity index (χ2n) is 5.87. The first kappa shape index (κ1) is 16.3. The van der Waals surface area contributed by atoms with Gasteiger partial charge in [0.25, 0.3) is 0 Å². The predicted molar refractivity (Wildman–Crippen MR) is 90.7 cm³/mol. The van der Waals surface area contributed by atoms with Crippen molar-refractivity contribution in [2.75, 3.05) is 11.9 Å². The van der Waals surface area contributed by atoms with E-state index in [2.05, 4.69) is 25.3 Å². The summed E-state index contributed by atoms with van der Waals surface area (Å²) in [4.78, 5) is 31.5. The molecule has 0 aromatic carbocycles. The van der Waals surface area contributed by atoms with Crippen molar-refractivity contribution in [2.45, 2.75) is 45.6 Å². The summed E-state index contributed by atoms with van der Waals surface area (Å²) in [6.45, 7) is 4.55. The Bertz CT molecular complexity index is 705. The van der Waals surface area contributed by atoms with E-state index >= 15 is 0 Å². The molecule has 0 spiro atoms. The van der Waals surface area contributed by atoms with E-state index in [1.165, 1.54) is 0 Å². The van der Waals surface area contributed by atoms with Gasteiger partial charge in [-0.2, -0.15) is 0 Å². The molecule has 0 bridgehead atoms. The van der Waals surface area contributed by atoms with Gasteiger partial charge in [0, 0.05) is 31.4 Å². The van der Waals surface area contributed by atoms with Crippen LogP contribution in [0, 0.1) is 6.92 Å². The monoisotopic (exact) mass is 326 g/mol. The maximum Gasteiger partial charge on any atom is 0.228 e. The van der Waals surface area contributed by atoms with E-state index in [9.17, 15) is 4.79 Å². The van der Waals surface area contributed by atoms with Gasteiger partial charge in [-0.25, -0.2) is 19.9 Å². The van der Waals surface area contributed by atoms with Crippen LogP contribution in [0.5, 0.6) is 0 Å². The number of carbonyl (C=O) groups is 1. The number of amides is 1. The zero-order valence-electron chi connectivity index (χ0n) is 14.1. The minimum Gasteiger partial charge on any atom is -0.334 e. The lowest BCUT2D eigenvalue weighted by Gasteiger charge is -2.35. The second kappa shape index (κ2) is 7.33. The van der Waals surface area contributed by atoms with Crippen molar-refractivity contribution in [3.05, 3.63) is 36.0 Å². The maximum absolute atomic E-state index is 12.3. The fourth-order valence-electron chi connectivity index (χ4n) is 3.04. The number of piperidine rings is 1. The molecule has 1 aliphatic heterocycles. The van der Waals surface area contributed by atoms with Gasteiger partial charge in [-0.15, -0.1) is 0 Å². The van der Waals surface area contributed by atoms with Gasteiger partial charge in [0.05, 0.1) is 11.7 Å². The van der Waals surface area contributed by atoms with Gasteiger partial charge in [0.15, 0.2) is 0 Å². The second-order valence-corrected chi connectivity index (χ2v) is 5.87. The van der Waals surface area contributed by atoms with Crippen molar-refractivity contribution in [3.8, 4) is 0 Å². The Morgan fingerprint density at radius 3 is 2.83 bits per heavy atom. The highest BCUT2D eigenvalue weighted by molar-refractivity contribution is 5.76. The lowest BCUT2D eigenvalue weighted by molar-refractivity contribution is -0.134. The van der Waals surface area contributed by atoms with Crippen LogP contribution < -0.4 is 5.32 Å². The van der Waals surface area contributed by atoms with Crippen LogP contribution in [-0.2, 0) is 4.79 Å². The third-order valence-corrected chi connectivity index (χ3v) is 4.13. The predicted octanol–water partition coefficient (Wildman–Crippen LogP) is 2.78. The van der Waals surface area contributed by atoms with Crippen LogP contribution in [0.25, 0.3) is 0 Å². The van der Waals surface area contributed by atoms with Gasteiger partial charge < -0.3 is 10.2 Å². The average Bonchev–Trinajstić information content (AvgIpc) is 2.61. The molecule has 1 amide bonds. The highest BCUT2D eigenvalue weighted by atomic mass is 16.2. The molecule has 2 aromatic heterocycles. The highest BCUT2D eigenvalue weighted by Gasteiger charge is 2.28. The summed E-state index contributed by atoms with van der Waals surface area (Å²) in [6, 6.07) is 3.68. The van der Waals surface area contributed by atoms with E-state index in [1.807, 2.05) is 24.8 Å². The van der Waals surface area contributed by atoms with Gasteiger partial charge >= 0.3 is 0 Å². The summed E-state index contributed by atoms with van der Waals surface area (Å²) in [5.74, 6) is 1.99. The van der Waals surface area contributed by atoms with Crippen LogP contribution >= 0.6 is 0 Å². The normalized spacial score (nSPS) is 17.6. The molecule has 0 aliphatic carbocycles. The van der Waals surface area contributed by atoms with E-state index in [4.69, 9.17) is 0 Å². The van der Waals surface area contributed by atoms with Crippen molar-refractivity contribution in [3.63, 3.8) is 0 Å². The lowest BCUT2D eigenvalue weighted by atomic mass is 9.98. The van der Waals surface area contributed by atoms with E-state index < -0.39 is 0 Å². The van der Waals surface area contributed by atoms with Gasteiger partial charge in [-0.1, -0.05) is 6.92 Å². The number of aryl methyl sites for hydroxylation is 1. The Morgan fingerprint density at radius 1 is 1.29 bits per heavy atom. The summed E-state index contributed by atoms with van der Waals surface area (Å²) >= 11 is 0. The molecule has 1 atom stereocenters. The zero-order valence-corrected chi connectivity index (χ0v) is 14.1. The molecule has 7 heteroatoms. The first-order valence-electron chi connectivity index (χ1n) is 8.36. The number of rotatable bonds is 4. The first-order chi connectivity index (χ1) is 11.7. The molecule has 7 nitrogen and oxygen atoms in total. The lowest BCUT2D eigenvalue weighted by Crippen LogP contribution is -2.38. The molecular weight excluding hydrogens is 304 g/mol. The summed E-state index contributed by atoms with van der Waals surface area (Å²) in [6.07, 6.45) is 6.95. The Balaban J connectivity index is 1.88. The van der Waals surface area contributed by atoms with Crippen molar-refractivity contribution < 1.29 is 4.79 Å². The molecule has 3 heterocycles. The third-order valence-electron chi connectivity index (χ3n) is 4.13. The number of likely N-dealkylation sites (tertiary alicyclic amines) is 1. The average molecular weight is 326 g/mol. The Morgan fingerprint density at radius 2 is 2.08 bits per heavy atom. The van der Waals surface area contributed by atoms with Crippen molar-refractivity contribution in [1.82, 2.24) is 24.8 Å². The number of hydrogen-bond acceptors (Lipinski definition) is 6. The van der Waals surface area contributed by atoms with Gasteiger partial charge in [0.2, 0.25) is 11.9 Å². The van der Waals surface area contributed by atoms with E-state index in [0.29, 0.717) is 24.0 Å². The minimum atomic E-state index is 0.0186. The van der Waals surface area contributed by atoms with Crippen LogP contribution in [0.15, 0.2) is 24.5 Å². The standard InChI is InChI=1S/C17H22N6O/c1-3-16(24)23-10-5-4-7-14(23)13-11-15(21-12(2)20-13)22-17-18-8-6-9-19-17/h6,8-9,11,14H,3-5,7,10H2,1-2H3,(H,18,19,20,21,22). The molecule has 1 saturated heterocycles. The maximum atomic E-state index is 12.3. The SMILES string of the molecule is CCC(=O)N1CCCCC1c1cc(Nc2ncccn2)nc(C)n1. The van der Waals surface area contributed by atoms with Gasteiger partial charge in [0.1, 0.15) is 11.6 Å². The smallest absolute Gasteiger partial charge is 0.228 e. The molecule has 24 heavy (non-hydrogen) atoms. The molecule has 0 radical (unpaired) electrons. The number of nitrogens with zero attached hydrogens (tertiary/aromatic N) is 5. The molecule has 2 aromatic rings. The molecule has 126 valence electrons. The van der Waals surface area contributed by atoms with Crippen LogP contribution in [0.1, 0.15) is 50.2 Å². The molecule has 3 rings (SSSR count). The quantitative estimate of drug-likeness (QED) is 0.930. The van der Waals surface area contributed by atoms with Crippen molar-refractivity contribution in [1.29, 1.82) is 0 Å². The largest absolute Gasteiger partial charge is 0.334 e. The van der Waals surface area contributed by atoms with Crippen molar-refractivity contribution >= 4 is 17.7 Å². The molecular formula is C17H22N6O. The number of nitrogens with one attached hydrogen (secondary N) is 1. The Hall–Kier alpha value is -2.57. The van der Waals surface area contributed by atoms with Crippen LogP contribution in [0.4, 0.5) is 11.8 Å². The van der Waals surface area contributed by atoms with Crippen LogP contribution in [-0.4, -0.2) is 37.3 Å². The molecule has 1 unspecified atom stereocenters. The zero-order chi connectivity index (χ0) is 16.9. The fourth-order valence-corrected chi connectivity index (χ4v) is 3.04. The summed E-state index contributed by atoms with van der Waals surface area (Å²) in [7, 11) is 0. The minimum absolute atomic E-state index is 0.0186. The third kappa shape index (κ3) is 3.67. The Labute approximate surface area is 141 Å². The molecule has 1 fully saturated rings. The van der Waals surface area contributed by atoms with E-state index in [0.717, 1.165) is 31.5 Å². The van der Waals surface area contributed by atoms with E-state index in [-0.39, 0.29) is 11.9 Å². The highest BCUT2D eigenvalue weighted by Crippen LogP contribution is 2.31. The first-order valence-corrected chi connectivity index (χ1v) is 8.36. The van der Waals surface area contributed by atoms with Gasteiger partial charge in [-0.3, -0.25) is 4.79 Å². The topological polar surface area (TPSA) is 83.9 Å². The summed E-state index contributed by atoms with van der Waals surface area (Å²) in [5.41, 5.74) is 0.877. The van der Waals surface area contributed by atoms with Gasteiger partial charge in [-0.05, 0) is 32.3 Å². The van der Waals surface area contributed by atoms with Crippen LogP contribution in [0.2, 0.25) is 0 Å². The molecule has 0 saturated carbocycles. The number of aromatic nitrogens is 4. The molecule has 1 N–H and O–H groups in total. The van der Waals surface area contributed by atoms with Crippen molar-refractivity contribution in [2.24, 2.45) is 0 Å². The number of anilines is 2. The van der Waals surface area contributed by atoms with Crippen LogP contribution in [0.3, 0.4) is 0 Å².